The molecule has 0 atom stereocenters. The first-order chi connectivity index (χ1) is 10.7. The van der Waals surface area contributed by atoms with E-state index in [9.17, 15) is 0 Å². The topological polar surface area (TPSA) is 31.5 Å². The molecule has 3 aliphatic carbocycles. The van der Waals surface area contributed by atoms with Crippen LogP contribution in [-0.4, -0.2) is 9.77 Å². The highest BCUT2D eigenvalue weighted by Crippen LogP contribution is 2.03. The van der Waals surface area contributed by atoms with E-state index < -0.39 is 4.30 Å². The average Bonchev–Trinajstić information content (AvgIpc) is 2.55. The first-order valence-electron chi connectivity index (χ1n) is 7.84. The lowest BCUT2D eigenvalue weighted by molar-refractivity contribution is 0.824. The molecule has 1 aromatic rings. The summed E-state index contributed by atoms with van der Waals surface area (Å²) in [4.78, 5) is 0. The molecular weight excluding hydrogens is 351 g/mol. The van der Waals surface area contributed by atoms with Crippen LogP contribution in [0.4, 0.5) is 0 Å². The van der Waals surface area contributed by atoms with Gasteiger partial charge in [-0.1, -0.05) is 71.3 Å². The Balaban J connectivity index is 0.000000349. The van der Waals surface area contributed by atoms with Gasteiger partial charge in [-0.05, 0) is 69.8 Å². The molecule has 23 heavy (non-hydrogen) atoms. The van der Waals surface area contributed by atoms with E-state index in [1.165, 1.54) is 69.8 Å². The highest BCUT2D eigenvalue weighted by molar-refractivity contribution is 6.63. The number of alkyl halides is 3. The van der Waals surface area contributed by atoms with Gasteiger partial charge < -0.3 is 5.48 Å². The molecule has 0 amide bonds. The summed E-state index contributed by atoms with van der Waals surface area (Å²) in [6.07, 6.45) is 21.9. The quantitative estimate of drug-likeness (QED) is 0.607. The molecule has 0 aromatic heterocycles. The molecule has 0 aliphatic heterocycles. The number of hydrogen-bond donors (Lipinski definition) is 0. The van der Waals surface area contributed by atoms with Gasteiger partial charge in [-0.25, -0.2) is 0 Å². The normalized spacial score (nSPS) is 16.7. The lowest BCUT2D eigenvalue weighted by Crippen LogP contribution is -2.66. The fourth-order valence-corrected chi connectivity index (χ4v) is 3.56. The molecule has 1 nitrogen and oxygen atoms in total. The van der Waals surface area contributed by atoms with Crippen LogP contribution in [0.1, 0.15) is 38.5 Å². The summed E-state index contributed by atoms with van der Waals surface area (Å²) in [5, 5.41) is 9.07. The second-order valence-corrected chi connectivity index (χ2v) is 7.67. The van der Waals surface area contributed by atoms with Crippen molar-refractivity contribution in [3.63, 3.8) is 0 Å². The Morgan fingerprint density at radius 2 is 0.609 bits per heavy atom. The van der Waals surface area contributed by atoms with Crippen LogP contribution in [0.25, 0.3) is 36.5 Å². The summed E-state index contributed by atoms with van der Waals surface area (Å²) in [5.41, 5.74) is 0. The SMILES string of the molecule is C1=c2c3c(c4c(c2=CCC1)=CCCC=4)=CCCC=3.ClC(Cl)Cl.O. The molecule has 0 heterocycles. The maximum absolute atomic E-state index is 4.81. The molecule has 4 heteroatoms. The van der Waals surface area contributed by atoms with Crippen LogP contribution in [-0.2, 0) is 0 Å². The van der Waals surface area contributed by atoms with Crippen molar-refractivity contribution in [3.05, 3.63) is 31.3 Å². The van der Waals surface area contributed by atoms with Crippen molar-refractivity contribution in [2.75, 3.05) is 0 Å². The molecule has 0 spiro atoms. The van der Waals surface area contributed by atoms with E-state index in [0.717, 1.165) is 0 Å². The van der Waals surface area contributed by atoms with Crippen molar-refractivity contribution in [3.8, 4) is 0 Å². The molecular formula is C19H21Cl3O. The van der Waals surface area contributed by atoms with E-state index in [1.54, 1.807) is 0 Å². The van der Waals surface area contributed by atoms with E-state index in [1.807, 2.05) is 0 Å². The summed E-state index contributed by atoms with van der Waals surface area (Å²) in [5.74, 6) is 0. The predicted molar refractivity (Wildman–Crippen MR) is 104 cm³/mol. The molecule has 0 bridgehead atoms. The van der Waals surface area contributed by atoms with Gasteiger partial charge in [0.15, 0.2) is 4.30 Å². The number of hydrogen-bond acceptors (Lipinski definition) is 0. The Labute approximate surface area is 150 Å². The van der Waals surface area contributed by atoms with Crippen LogP contribution >= 0.6 is 34.8 Å². The molecule has 124 valence electrons. The van der Waals surface area contributed by atoms with Gasteiger partial charge in [0.25, 0.3) is 0 Å². The summed E-state index contributed by atoms with van der Waals surface area (Å²) in [6.45, 7) is 0. The van der Waals surface area contributed by atoms with Crippen LogP contribution in [0.15, 0.2) is 0 Å². The largest absolute Gasteiger partial charge is 0.412 e. The Morgan fingerprint density at radius 3 is 0.739 bits per heavy atom. The second kappa shape index (κ2) is 8.39. The zero-order valence-electron chi connectivity index (χ0n) is 12.9. The second-order valence-electron chi connectivity index (χ2n) is 5.69. The average molecular weight is 372 g/mol. The Hall–Kier alpha value is -0.730. The van der Waals surface area contributed by atoms with E-state index in [2.05, 4.69) is 36.5 Å². The molecule has 0 radical (unpaired) electrons. The highest BCUT2D eigenvalue weighted by Gasteiger charge is 2.05. The molecule has 0 unspecified atom stereocenters. The van der Waals surface area contributed by atoms with Gasteiger partial charge in [-0.2, -0.15) is 0 Å². The van der Waals surface area contributed by atoms with E-state index >= 15 is 0 Å². The molecule has 4 rings (SSSR count). The minimum atomic E-state index is -0.750. The van der Waals surface area contributed by atoms with Gasteiger partial charge in [0.2, 0.25) is 0 Å². The standard InChI is InChI=1S/C18H18.CHCl3.H2O/c1-2-8-14-13(7-1)15-9-3-4-11-17(15)18-12-6-5-10-16(14)18;2-1(3)4;/h7-12H,1-6H2;1H;1H2. The molecule has 1 aromatic carbocycles. The fourth-order valence-electron chi connectivity index (χ4n) is 3.56. The van der Waals surface area contributed by atoms with Gasteiger partial charge in [0.05, 0.1) is 0 Å². The van der Waals surface area contributed by atoms with Gasteiger partial charge in [-0.15, -0.1) is 0 Å². The van der Waals surface area contributed by atoms with E-state index in [0.29, 0.717) is 0 Å². The van der Waals surface area contributed by atoms with E-state index in [4.69, 9.17) is 34.8 Å². The van der Waals surface area contributed by atoms with Crippen molar-refractivity contribution in [2.45, 2.75) is 42.8 Å². The van der Waals surface area contributed by atoms with Crippen LogP contribution in [0.5, 0.6) is 0 Å². The Kier molecular flexibility index (Phi) is 6.79. The zero-order valence-corrected chi connectivity index (χ0v) is 15.2. The highest BCUT2D eigenvalue weighted by atomic mass is 35.6. The first kappa shape index (κ1) is 18.6. The lowest BCUT2D eigenvalue weighted by Gasteiger charge is -2.10. The van der Waals surface area contributed by atoms with Crippen molar-refractivity contribution >= 4 is 71.3 Å². The Bertz CT molecular complexity index is 692. The molecule has 0 fully saturated rings. The van der Waals surface area contributed by atoms with Crippen LogP contribution < -0.4 is 31.3 Å². The summed E-state index contributed by atoms with van der Waals surface area (Å²) < 4.78 is -0.750. The third-order valence-electron chi connectivity index (χ3n) is 4.33. The third-order valence-corrected chi connectivity index (χ3v) is 4.33. The maximum atomic E-state index is 4.81. The first-order valence-corrected chi connectivity index (χ1v) is 9.15. The van der Waals surface area contributed by atoms with Crippen LogP contribution in [0, 0.1) is 0 Å². The fraction of sp³-hybridized carbons (Fsp3) is 0.368. The summed E-state index contributed by atoms with van der Waals surface area (Å²) in [7, 11) is 0. The number of halogens is 3. The van der Waals surface area contributed by atoms with Crippen LogP contribution in [0.2, 0.25) is 0 Å². The maximum Gasteiger partial charge on any atom is 0.180 e. The Morgan fingerprint density at radius 1 is 0.478 bits per heavy atom. The van der Waals surface area contributed by atoms with Gasteiger partial charge in [0.1, 0.15) is 0 Å². The number of rotatable bonds is 0. The van der Waals surface area contributed by atoms with Crippen molar-refractivity contribution < 1.29 is 5.48 Å². The monoisotopic (exact) mass is 370 g/mol. The van der Waals surface area contributed by atoms with Gasteiger partial charge >= 0.3 is 0 Å². The van der Waals surface area contributed by atoms with Crippen molar-refractivity contribution in [1.29, 1.82) is 0 Å². The van der Waals surface area contributed by atoms with Gasteiger partial charge in [0, 0.05) is 0 Å². The minimum Gasteiger partial charge on any atom is -0.412 e. The molecule has 0 saturated heterocycles. The van der Waals surface area contributed by atoms with Crippen LogP contribution in [0.3, 0.4) is 0 Å². The lowest BCUT2D eigenvalue weighted by atomic mass is 9.94. The minimum absolute atomic E-state index is 0. The van der Waals surface area contributed by atoms with Crippen molar-refractivity contribution in [1.82, 2.24) is 0 Å². The molecule has 0 saturated carbocycles. The summed E-state index contributed by atoms with van der Waals surface area (Å²) in [6, 6.07) is 0. The van der Waals surface area contributed by atoms with Gasteiger partial charge in [-0.3, -0.25) is 0 Å². The third kappa shape index (κ3) is 4.03. The molecule has 3 aliphatic rings. The predicted octanol–water partition coefficient (Wildman–Crippen LogP) is 0.913. The number of fused-ring (bicyclic) bond motifs is 6. The van der Waals surface area contributed by atoms with Crippen molar-refractivity contribution in [2.24, 2.45) is 0 Å². The summed E-state index contributed by atoms with van der Waals surface area (Å²) >= 11 is 14.4. The number of benzene rings is 1. The molecule has 2 N–H and O–H groups in total. The van der Waals surface area contributed by atoms with E-state index in [-0.39, 0.29) is 5.48 Å². The zero-order chi connectivity index (χ0) is 15.5. The smallest absolute Gasteiger partial charge is 0.180 e.